The minimum absolute atomic E-state index is 1.10. The number of nitrogens with one attached hydrogen (secondary N) is 2. The van der Waals surface area contributed by atoms with Crippen LogP contribution in [0.15, 0.2) is 72.8 Å². The molecule has 0 radical (unpaired) electrons. The average molecular weight is 421 g/mol. The number of benzene rings is 4. The summed E-state index contributed by atoms with van der Waals surface area (Å²) in [6.45, 7) is 12.9. The molecule has 0 heterocycles. The normalized spacial score (nSPS) is 10.8. The Morgan fingerprint density at radius 1 is 0.406 bits per heavy atom. The molecule has 0 bridgehead atoms. The van der Waals surface area contributed by atoms with Crippen LogP contribution in [0, 0.1) is 41.5 Å². The van der Waals surface area contributed by atoms with Gasteiger partial charge in [0.2, 0.25) is 0 Å². The summed E-state index contributed by atoms with van der Waals surface area (Å²) in [6, 6.07) is 26.2. The maximum Gasteiger partial charge on any atom is 0.0443 e. The van der Waals surface area contributed by atoms with Crippen LogP contribution in [-0.4, -0.2) is 0 Å². The molecule has 0 amide bonds. The molecular formula is C30H32N2. The lowest BCUT2D eigenvalue weighted by atomic mass is 10.0. The number of hydrogen-bond acceptors (Lipinski definition) is 2. The SMILES string of the molecule is Cc1cc(C)c(Nc2ccc(-c3ccc(Nc4c(C)cc(C)cc4C)cc3)cc2)c(C)c1. The Labute approximate surface area is 192 Å². The monoisotopic (exact) mass is 420 g/mol. The molecule has 0 spiro atoms. The van der Waals surface area contributed by atoms with Crippen LogP contribution < -0.4 is 10.6 Å². The second kappa shape index (κ2) is 8.92. The van der Waals surface area contributed by atoms with Crippen LogP contribution in [0.2, 0.25) is 0 Å². The fourth-order valence-corrected chi connectivity index (χ4v) is 4.54. The summed E-state index contributed by atoms with van der Waals surface area (Å²) in [5.74, 6) is 0. The second-order valence-electron chi connectivity index (χ2n) is 8.95. The molecule has 162 valence electrons. The molecule has 2 nitrogen and oxygen atoms in total. The van der Waals surface area contributed by atoms with Gasteiger partial charge in [-0.3, -0.25) is 0 Å². The Hall–Kier alpha value is -3.52. The van der Waals surface area contributed by atoms with Crippen molar-refractivity contribution < 1.29 is 0 Å². The standard InChI is InChI=1S/C30H32N2/c1-19-15-21(3)29(22(4)16-19)31-27-11-7-25(8-12-27)26-9-13-28(14-10-26)32-30-23(5)17-20(2)18-24(30)6/h7-18,31-32H,1-6H3. The Morgan fingerprint density at radius 3 is 0.969 bits per heavy atom. The smallest absolute Gasteiger partial charge is 0.0443 e. The molecule has 0 saturated heterocycles. The van der Waals surface area contributed by atoms with E-state index in [1.807, 2.05) is 0 Å². The average Bonchev–Trinajstić information content (AvgIpc) is 2.74. The molecule has 4 aromatic carbocycles. The highest BCUT2D eigenvalue weighted by Crippen LogP contribution is 2.30. The molecule has 0 aromatic heterocycles. The van der Waals surface area contributed by atoms with Crippen LogP contribution in [0.1, 0.15) is 33.4 Å². The Balaban J connectivity index is 1.49. The van der Waals surface area contributed by atoms with Gasteiger partial charge < -0.3 is 10.6 Å². The largest absolute Gasteiger partial charge is 0.355 e. The van der Waals surface area contributed by atoms with Gasteiger partial charge in [0.25, 0.3) is 0 Å². The van der Waals surface area contributed by atoms with Crippen LogP contribution in [-0.2, 0) is 0 Å². The van der Waals surface area contributed by atoms with Crippen molar-refractivity contribution in [3.63, 3.8) is 0 Å². The molecule has 4 aromatic rings. The zero-order chi connectivity index (χ0) is 22.8. The van der Waals surface area contributed by atoms with Gasteiger partial charge in [-0.2, -0.15) is 0 Å². The van der Waals surface area contributed by atoms with Crippen molar-refractivity contribution in [3.8, 4) is 11.1 Å². The second-order valence-corrected chi connectivity index (χ2v) is 8.95. The van der Waals surface area contributed by atoms with Gasteiger partial charge >= 0.3 is 0 Å². The summed E-state index contributed by atoms with van der Waals surface area (Å²) in [7, 11) is 0. The molecular weight excluding hydrogens is 388 g/mol. The van der Waals surface area contributed by atoms with E-state index in [4.69, 9.17) is 0 Å². The molecule has 0 aliphatic heterocycles. The topological polar surface area (TPSA) is 24.1 Å². The van der Waals surface area contributed by atoms with E-state index in [0.717, 1.165) is 11.4 Å². The van der Waals surface area contributed by atoms with E-state index in [-0.39, 0.29) is 0 Å². The van der Waals surface area contributed by atoms with E-state index >= 15 is 0 Å². The van der Waals surface area contributed by atoms with Crippen molar-refractivity contribution in [1.82, 2.24) is 0 Å². The van der Waals surface area contributed by atoms with Crippen LogP contribution in [0.3, 0.4) is 0 Å². The Kier molecular flexibility index (Phi) is 6.05. The number of hydrogen-bond donors (Lipinski definition) is 2. The molecule has 2 heteroatoms. The van der Waals surface area contributed by atoms with E-state index in [0.29, 0.717) is 0 Å². The summed E-state index contributed by atoms with van der Waals surface area (Å²) in [5, 5.41) is 7.17. The van der Waals surface area contributed by atoms with Gasteiger partial charge in [0.15, 0.2) is 0 Å². The molecule has 4 rings (SSSR count). The molecule has 2 N–H and O–H groups in total. The first kappa shape index (κ1) is 21.7. The fourth-order valence-electron chi connectivity index (χ4n) is 4.54. The summed E-state index contributed by atoms with van der Waals surface area (Å²) in [4.78, 5) is 0. The van der Waals surface area contributed by atoms with E-state index in [1.54, 1.807) is 0 Å². The molecule has 0 fully saturated rings. The lowest BCUT2D eigenvalue weighted by Gasteiger charge is -2.15. The third-order valence-corrected chi connectivity index (χ3v) is 6.00. The predicted octanol–water partition coefficient (Wildman–Crippen LogP) is 8.69. The van der Waals surface area contributed by atoms with Crippen molar-refractivity contribution in [3.05, 3.63) is 106 Å². The quantitative estimate of drug-likeness (QED) is 0.337. The predicted molar refractivity (Wildman–Crippen MR) is 140 cm³/mol. The third kappa shape index (κ3) is 4.70. The first-order valence-corrected chi connectivity index (χ1v) is 11.2. The Bertz CT molecular complexity index is 1100. The highest BCUT2D eigenvalue weighted by Gasteiger charge is 2.07. The molecule has 0 unspecified atom stereocenters. The van der Waals surface area contributed by atoms with Crippen LogP contribution in [0.4, 0.5) is 22.7 Å². The fraction of sp³-hybridized carbons (Fsp3) is 0.200. The van der Waals surface area contributed by atoms with Gasteiger partial charge in [-0.25, -0.2) is 0 Å². The molecule has 32 heavy (non-hydrogen) atoms. The zero-order valence-electron chi connectivity index (χ0n) is 19.9. The van der Waals surface area contributed by atoms with Crippen LogP contribution >= 0.6 is 0 Å². The van der Waals surface area contributed by atoms with E-state index in [2.05, 4.69) is 125 Å². The van der Waals surface area contributed by atoms with Crippen molar-refractivity contribution in [2.45, 2.75) is 41.5 Å². The third-order valence-electron chi connectivity index (χ3n) is 6.00. The summed E-state index contributed by atoms with van der Waals surface area (Å²) >= 11 is 0. The number of anilines is 4. The van der Waals surface area contributed by atoms with Crippen LogP contribution in [0.5, 0.6) is 0 Å². The lowest BCUT2D eigenvalue weighted by molar-refractivity contribution is 1.31. The van der Waals surface area contributed by atoms with Gasteiger partial charge in [-0.15, -0.1) is 0 Å². The van der Waals surface area contributed by atoms with Gasteiger partial charge in [0.05, 0.1) is 0 Å². The minimum Gasteiger partial charge on any atom is -0.355 e. The zero-order valence-corrected chi connectivity index (χ0v) is 19.9. The first-order chi connectivity index (χ1) is 15.3. The molecule has 0 saturated carbocycles. The lowest BCUT2D eigenvalue weighted by Crippen LogP contribution is -1.97. The van der Waals surface area contributed by atoms with Crippen LogP contribution in [0.25, 0.3) is 11.1 Å². The highest BCUT2D eigenvalue weighted by molar-refractivity contribution is 5.73. The number of rotatable bonds is 5. The highest BCUT2D eigenvalue weighted by atomic mass is 14.9. The first-order valence-electron chi connectivity index (χ1n) is 11.2. The van der Waals surface area contributed by atoms with E-state index < -0.39 is 0 Å². The van der Waals surface area contributed by atoms with Crippen molar-refractivity contribution >= 4 is 22.7 Å². The summed E-state index contributed by atoms with van der Waals surface area (Å²) in [5.41, 5.74) is 14.7. The summed E-state index contributed by atoms with van der Waals surface area (Å²) in [6.07, 6.45) is 0. The number of aryl methyl sites for hydroxylation is 6. The van der Waals surface area contributed by atoms with E-state index in [9.17, 15) is 0 Å². The van der Waals surface area contributed by atoms with Crippen molar-refractivity contribution in [2.75, 3.05) is 10.6 Å². The maximum atomic E-state index is 3.59. The molecule has 0 atom stereocenters. The molecule has 0 aliphatic rings. The Morgan fingerprint density at radius 2 is 0.688 bits per heavy atom. The maximum absolute atomic E-state index is 3.59. The van der Waals surface area contributed by atoms with Crippen molar-refractivity contribution in [2.24, 2.45) is 0 Å². The van der Waals surface area contributed by atoms with Crippen molar-refractivity contribution in [1.29, 1.82) is 0 Å². The van der Waals surface area contributed by atoms with Gasteiger partial charge in [-0.1, -0.05) is 59.7 Å². The van der Waals surface area contributed by atoms with Gasteiger partial charge in [0.1, 0.15) is 0 Å². The van der Waals surface area contributed by atoms with Gasteiger partial charge in [0, 0.05) is 22.7 Å². The molecule has 0 aliphatic carbocycles. The summed E-state index contributed by atoms with van der Waals surface area (Å²) < 4.78 is 0. The van der Waals surface area contributed by atoms with E-state index in [1.165, 1.54) is 55.9 Å². The minimum atomic E-state index is 1.10. The van der Waals surface area contributed by atoms with Gasteiger partial charge in [-0.05, 0) is 99.2 Å².